The van der Waals surface area contributed by atoms with Crippen LogP contribution in [0.1, 0.15) is 26.3 Å². The maximum absolute atomic E-state index is 4.24. The zero-order valence-electron chi connectivity index (χ0n) is 10.1. The van der Waals surface area contributed by atoms with Gasteiger partial charge in [0.25, 0.3) is 0 Å². The highest BCUT2D eigenvalue weighted by Gasteiger charge is 2.14. The number of allylic oxidation sites excluding steroid dienone is 1. The maximum atomic E-state index is 4.24. The Morgan fingerprint density at radius 2 is 2.06 bits per heavy atom. The van der Waals surface area contributed by atoms with Crippen LogP contribution in [0.5, 0.6) is 0 Å². The number of hydrogen-bond donors (Lipinski definition) is 0. The number of nitrogens with zero attached hydrogens (tertiary/aromatic N) is 2. The molecule has 0 saturated carbocycles. The van der Waals surface area contributed by atoms with E-state index in [4.69, 9.17) is 0 Å². The Bertz CT molecular complexity index is 425. The monoisotopic (exact) mass is 214 g/mol. The molecule has 0 bridgehead atoms. The highest BCUT2D eigenvalue weighted by Crippen LogP contribution is 2.26. The summed E-state index contributed by atoms with van der Waals surface area (Å²) in [5, 5.41) is 0. The summed E-state index contributed by atoms with van der Waals surface area (Å²) in [6, 6.07) is 8.66. The van der Waals surface area contributed by atoms with Gasteiger partial charge in [0.1, 0.15) is 6.67 Å². The molecule has 0 unspecified atom stereocenters. The summed E-state index contributed by atoms with van der Waals surface area (Å²) in [7, 11) is 0. The lowest BCUT2D eigenvalue weighted by atomic mass is 9.87. The molecule has 84 valence electrons. The molecule has 2 rings (SSSR count). The fourth-order valence-corrected chi connectivity index (χ4v) is 1.70. The lowest BCUT2D eigenvalue weighted by Crippen LogP contribution is -2.19. The van der Waals surface area contributed by atoms with E-state index < -0.39 is 0 Å². The minimum atomic E-state index is 0.193. The van der Waals surface area contributed by atoms with Crippen molar-refractivity contribution in [2.24, 2.45) is 4.99 Å². The third kappa shape index (κ3) is 2.32. The SMILES string of the molecule is CC(C)(C)c1cccc(N2C=CC=NC2)c1. The van der Waals surface area contributed by atoms with Crippen molar-refractivity contribution in [1.82, 2.24) is 0 Å². The van der Waals surface area contributed by atoms with Crippen LogP contribution in [0.2, 0.25) is 0 Å². The van der Waals surface area contributed by atoms with Crippen molar-refractivity contribution in [1.29, 1.82) is 0 Å². The second kappa shape index (κ2) is 4.12. The smallest absolute Gasteiger partial charge is 0.114 e. The van der Waals surface area contributed by atoms with Crippen LogP contribution in [0.15, 0.2) is 41.5 Å². The van der Waals surface area contributed by atoms with Crippen molar-refractivity contribution in [2.45, 2.75) is 26.2 Å². The van der Waals surface area contributed by atoms with Crippen LogP contribution in [-0.4, -0.2) is 12.9 Å². The average Bonchev–Trinajstić information content (AvgIpc) is 2.29. The van der Waals surface area contributed by atoms with E-state index in [0.717, 1.165) is 0 Å². The van der Waals surface area contributed by atoms with Crippen molar-refractivity contribution >= 4 is 11.9 Å². The van der Waals surface area contributed by atoms with Gasteiger partial charge in [-0.2, -0.15) is 0 Å². The molecule has 0 N–H and O–H groups in total. The molecular formula is C14H18N2. The molecule has 0 aliphatic carbocycles. The quantitative estimate of drug-likeness (QED) is 0.700. The number of hydrogen-bond acceptors (Lipinski definition) is 2. The van der Waals surface area contributed by atoms with Gasteiger partial charge in [-0.1, -0.05) is 32.9 Å². The first-order chi connectivity index (χ1) is 7.57. The molecule has 1 aromatic carbocycles. The van der Waals surface area contributed by atoms with E-state index in [-0.39, 0.29) is 5.41 Å². The van der Waals surface area contributed by atoms with E-state index in [2.05, 4.69) is 61.1 Å². The molecule has 1 heterocycles. The van der Waals surface area contributed by atoms with Gasteiger partial charge >= 0.3 is 0 Å². The summed E-state index contributed by atoms with van der Waals surface area (Å²) in [6.45, 7) is 7.41. The number of benzene rings is 1. The fraction of sp³-hybridized carbons (Fsp3) is 0.357. The molecular weight excluding hydrogens is 196 g/mol. The summed E-state index contributed by atoms with van der Waals surface area (Å²) >= 11 is 0. The van der Waals surface area contributed by atoms with E-state index in [0.29, 0.717) is 6.67 Å². The molecule has 16 heavy (non-hydrogen) atoms. The van der Waals surface area contributed by atoms with Gasteiger partial charge in [-0.25, -0.2) is 0 Å². The number of aliphatic imine (C=N–C) groups is 1. The molecule has 0 amide bonds. The normalized spacial score (nSPS) is 15.6. The van der Waals surface area contributed by atoms with Crippen LogP contribution in [-0.2, 0) is 5.41 Å². The van der Waals surface area contributed by atoms with Crippen molar-refractivity contribution < 1.29 is 0 Å². The Hall–Kier alpha value is -1.57. The van der Waals surface area contributed by atoms with Gasteiger partial charge in [0.2, 0.25) is 0 Å². The van der Waals surface area contributed by atoms with Gasteiger partial charge in [-0.05, 0) is 29.2 Å². The van der Waals surface area contributed by atoms with Crippen LogP contribution in [0.3, 0.4) is 0 Å². The summed E-state index contributed by atoms with van der Waals surface area (Å²) in [6.07, 6.45) is 5.87. The Labute approximate surface area is 97.3 Å². The van der Waals surface area contributed by atoms with Crippen LogP contribution in [0.25, 0.3) is 0 Å². The minimum Gasteiger partial charge on any atom is -0.328 e. The minimum absolute atomic E-state index is 0.193. The molecule has 0 spiro atoms. The summed E-state index contributed by atoms with van der Waals surface area (Å²) in [4.78, 5) is 6.39. The van der Waals surface area contributed by atoms with E-state index in [1.165, 1.54) is 11.3 Å². The van der Waals surface area contributed by atoms with Gasteiger partial charge in [0.05, 0.1) is 0 Å². The molecule has 0 radical (unpaired) electrons. The summed E-state index contributed by atoms with van der Waals surface area (Å²) in [5.41, 5.74) is 2.76. The second-order valence-corrected chi connectivity index (χ2v) is 5.08. The van der Waals surface area contributed by atoms with Crippen molar-refractivity contribution in [2.75, 3.05) is 11.6 Å². The Balaban J connectivity index is 2.29. The van der Waals surface area contributed by atoms with Crippen LogP contribution in [0, 0.1) is 0 Å². The Kier molecular flexibility index (Phi) is 2.82. The Morgan fingerprint density at radius 1 is 1.25 bits per heavy atom. The third-order valence-electron chi connectivity index (χ3n) is 2.74. The first-order valence-corrected chi connectivity index (χ1v) is 5.61. The third-order valence-corrected chi connectivity index (χ3v) is 2.74. The molecule has 0 saturated heterocycles. The number of rotatable bonds is 1. The molecule has 1 aromatic rings. The predicted octanol–water partition coefficient (Wildman–Crippen LogP) is 3.35. The van der Waals surface area contributed by atoms with Crippen molar-refractivity contribution in [3.63, 3.8) is 0 Å². The second-order valence-electron chi connectivity index (χ2n) is 5.08. The first-order valence-electron chi connectivity index (χ1n) is 5.61. The maximum Gasteiger partial charge on any atom is 0.114 e. The molecule has 0 aromatic heterocycles. The highest BCUT2D eigenvalue weighted by molar-refractivity contribution is 5.74. The molecule has 2 heteroatoms. The average molecular weight is 214 g/mol. The summed E-state index contributed by atoms with van der Waals surface area (Å²) < 4.78 is 0. The van der Waals surface area contributed by atoms with E-state index in [9.17, 15) is 0 Å². The van der Waals surface area contributed by atoms with Gasteiger partial charge in [0, 0.05) is 18.1 Å². The molecule has 1 aliphatic rings. The van der Waals surface area contributed by atoms with Gasteiger partial charge < -0.3 is 4.90 Å². The zero-order valence-corrected chi connectivity index (χ0v) is 10.1. The molecule has 0 atom stereocenters. The highest BCUT2D eigenvalue weighted by atomic mass is 15.2. The summed E-state index contributed by atoms with van der Waals surface area (Å²) in [5.74, 6) is 0. The fourth-order valence-electron chi connectivity index (χ4n) is 1.70. The van der Waals surface area contributed by atoms with Crippen LogP contribution >= 0.6 is 0 Å². The van der Waals surface area contributed by atoms with Crippen molar-refractivity contribution in [3.05, 3.63) is 42.1 Å². The molecule has 2 nitrogen and oxygen atoms in total. The Morgan fingerprint density at radius 3 is 2.69 bits per heavy atom. The molecule has 1 aliphatic heterocycles. The first kappa shape index (κ1) is 10.9. The predicted molar refractivity (Wildman–Crippen MR) is 70.1 cm³/mol. The van der Waals surface area contributed by atoms with Gasteiger partial charge in [-0.3, -0.25) is 4.99 Å². The van der Waals surface area contributed by atoms with Crippen LogP contribution in [0.4, 0.5) is 5.69 Å². The van der Waals surface area contributed by atoms with E-state index in [1.807, 2.05) is 12.3 Å². The number of anilines is 1. The topological polar surface area (TPSA) is 15.6 Å². The zero-order chi connectivity index (χ0) is 11.6. The standard InChI is InChI=1S/C14H18N2/c1-14(2,3)12-6-4-7-13(10-12)16-9-5-8-15-11-16/h4-10H,11H2,1-3H3. The van der Waals surface area contributed by atoms with Gasteiger partial charge in [0.15, 0.2) is 0 Å². The largest absolute Gasteiger partial charge is 0.328 e. The van der Waals surface area contributed by atoms with Crippen molar-refractivity contribution in [3.8, 4) is 0 Å². The lowest BCUT2D eigenvalue weighted by molar-refractivity contribution is 0.590. The lowest BCUT2D eigenvalue weighted by Gasteiger charge is -2.24. The van der Waals surface area contributed by atoms with Crippen LogP contribution < -0.4 is 4.90 Å². The van der Waals surface area contributed by atoms with E-state index in [1.54, 1.807) is 0 Å². The van der Waals surface area contributed by atoms with Gasteiger partial charge in [-0.15, -0.1) is 0 Å². The molecule has 0 fully saturated rings. The van der Waals surface area contributed by atoms with E-state index >= 15 is 0 Å².